The highest BCUT2D eigenvalue weighted by Gasteiger charge is 2.25. The lowest BCUT2D eigenvalue weighted by Crippen LogP contribution is -2.21. The smallest absolute Gasteiger partial charge is 0.198 e. The molecule has 1 atom stereocenters. The first-order valence-electron chi connectivity index (χ1n) is 8.77. The highest BCUT2D eigenvalue weighted by Crippen LogP contribution is 2.41. The summed E-state index contributed by atoms with van der Waals surface area (Å²) in [6.07, 6.45) is 5.36. The second kappa shape index (κ2) is 6.33. The van der Waals surface area contributed by atoms with Crippen molar-refractivity contribution in [3.63, 3.8) is 0 Å². The van der Waals surface area contributed by atoms with Crippen molar-refractivity contribution in [3.8, 4) is 0 Å². The molecule has 0 radical (unpaired) electrons. The third-order valence-corrected chi connectivity index (χ3v) is 7.30. The Morgan fingerprint density at radius 1 is 1.31 bits per heavy atom. The van der Waals surface area contributed by atoms with E-state index in [-0.39, 0.29) is 5.12 Å². The highest BCUT2D eigenvalue weighted by atomic mass is 32.2. The first-order valence-corrected chi connectivity index (χ1v) is 10.4. The third-order valence-electron chi connectivity index (χ3n) is 5.17. The van der Waals surface area contributed by atoms with Crippen molar-refractivity contribution >= 4 is 49.9 Å². The molecule has 0 spiro atoms. The second-order valence-corrected chi connectivity index (χ2v) is 9.03. The predicted octanol–water partition coefficient (Wildman–Crippen LogP) is 3.67. The van der Waals surface area contributed by atoms with Gasteiger partial charge in [0.25, 0.3) is 0 Å². The quantitative estimate of drug-likeness (QED) is 0.719. The van der Waals surface area contributed by atoms with Crippen LogP contribution in [0.2, 0.25) is 0 Å². The van der Waals surface area contributed by atoms with E-state index in [4.69, 9.17) is 5.73 Å². The van der Waals surface area contributed by atoms with Crippen LogP contribution in [0.3, 0.4) is 0 Å². The molecule has 1 aliphatic heterocycles. The van der Waals surface area contributed by atoms with E-state index in [0.717, 1.165) is 58.0 Å². The number of thiophene rings is 1. The van der Waals surface area contributed by atoms with Crippen LogP contribution in [-0.4, -0.2) is 21.6 Å². The number of fused-ring (bicyclic) bond motifs is 4. The zero-order valence-electron chi connectivity index (χ0n) is 14.1. The lowest BCUT2D eigenvalue weighted by molar-refractivity contribution is -0.110. The summed E-state index contributed by atoms with van der Waals surface area (Å²) in [5.74, 6) is 1.43. The maximum absolute atomic E-state index is 11.6. The van der Waals surface area contributed by atoms with Crippen LogP contribution >= 0.6 is 23.1 Å². The average Bonchev–Trinajstić information content (AvgIpc) is 3.20. The molecule has 7 heteroatoms. The molecule has 2 aromatic heterocycles. The van der Waals surface area contributed by atoms with Gasteiger partial charge in [-0.15, -0.1) is 11.3 Å². The van der Waals surface area contributed by atoms with Crippen LogP contribution < -0.4 is 11.1 Å². The van der Waals surface area contributed by atoms with Crippen LogP contribution in [0.5, 0.6) is 0 Å². The van der Waals surface area contributed by atoms with E-state index in [0.29, 0.717) is 12.3 Å². The number of hydrogen-bond donors (Lipinski definition) is 2. The van der Waals surface area contributed by atoms with Crippen LogP contribution in [-0.2, 0) is 24.1 Å². The molecule has 3 N–H and O–H groups in total. The van der Waals surface area contributed by atoms with Gasteiger partial charge in [0.2, 0.25) is 0 Å². The van der Waals surface area contributed by atoms with Gasteiger partial charge in [-0.3, -0.25) is 4.79 Å². The van der Waals surface area contributed by atoms with Crippen molar-refractivity contribution < 1.29 is 4.79 Å². The summed E-state index contributed by atoms with van der Waals surface area (Å²) >= 11 is 3.09. The maximum Gasteiger partial charge on any atom is 0.198 e. The number of thioether (sulfide) groups is 1. The van der Waals surface area contributed by atoms with E-state index in [1.165, 1.54) is 22.2 Å². The Bertz CT molecular complexity index is 1030. The van der Waals surface area contributed by atoms with Crippen LogP contribution in [0.25, 0.3) is 10.2 Å². The molecule has 0 bridgehead atoms. The number of aryl methyl sites for hydroxylation is 1. The van der Waals surface area contributed by atoms with E-state index >= 15 is 0 Å². The summed E-state index contributed by atoms with van der Waals surface area (Å²) in [6, 6.07) is 6.10. The SMILES string of the molecule is NCC1CCc2c(sc3ncnc(Nc4ccc5c(c4)SC(=O)C5)c23)C1. The molecular weight excluding hydrogens is 364 g/mol. The fourth-order valence-corrected chi connectivity index (χ4v) is 6.03. The number of nitrogens with zero attached hydrogens (tertiary/aromatic N) is 2. The van der Waals surface area contributed by atoms with Gasteiger partial charge >= 0.3 is 0 Å². The molecule has 3 heterocycles. The molecule has 0 fully saturated rings. The summed E-state index contributed by atoms with van der Waals surface area (Å²) < 4.78 is 0. The predicted molar refractivity (Wildman–Crippen MR) is 106 cm³/mol. The number of rotatable bonds is 3. The van der Waals surface area contributed by atoms with Crippen LogP contribution in [0.15, 0.2) is 29.4 Å². The number of carbonyl (C=O) groups is 1. The number of carbonyl (C=O) groups excluding carboxylic acids is 1. The Labute approximate surface area is 159 Å². The van der Waals surface area contributed by atoms with E-state index in [1.807, 2.05) is 18.2 Å². The Hall–Kier alpha value is -1.96. The number of nitrogens with one attached hydrogen (secondary N) is 1. The average molecular weight is 383 g/mol. The molecule has 132 valence electrons. The van der Waals surface area contributed by atoms with Gasteiger partial charge in [0.05, 0.1) is 5.39 Å². The van der Waals surface area contributed by atoms with Crippen molar-refractivity contribution in [2.75, 3.05) is 11.9 Å². The number of aromatic nitrogens is 2. The highest BCUT2D eigenvalue weighted by molar-refractivity contribution is 8.14. The number of anilines is 2. The lowest BCUT2D eigenvalue weighted by Gasteiger charge is -2.20. The molecule has 1 aliphatic carbocycles. The Morgan fingerprint density at radius 2 is 2.23 bits per heavy atom. The molecule has 1 aromatic carbocycles. The van der Waals surface area contributed by atoms with Gasteiger partial charge in [-0.25, -0.2) is 9.97 Å². The molecule has 0 saturated carbocycles. The van der Waals surface area contributed by atoms with Crippen molar-refractivity contribution in [2.45, 2.75) is 30.6 Å². The molecular formula is C19H18N4OS2. The topological polar surface area (TPSA) is 80.9 Å². The summed E-state index contributed by atoms with van der Waals surface area (Å²) in [4.78, 5) is 24.1. The molecule has 1 unspecified atom stereocenters. The normalized spacial score (nSPS) is 18.8. The Kier molecular flexibility index (Phi) is 3.95. The van der Waals surface area contributed by atoms with E-state index in [1.54, 1.807) is 17.7 Å². The van der Waals surface area contributed by atoms with Crippen molar-refractivity contribution in [1.29, 1.82) is 0 Å². The Balaban J connectivity index is 1.53. The summed E-state index contributed by atoms with van der Waals surface area (Å²) in [5.41, 5.74) is 9.33. The number of hydrogen-bond acceptors (Lipinski definition) is 7. The number of benzene rings is 1. The first-order chi connectivity index (χ1) is 12.7. The zero-order valence-corrected chi connectivity index (χ0v) is 15.8. The van der Waals surface area contributed by atoms with Crippen molar-refractivity contribution in [2.24, 2.45) is 11.7 Å². The monoisotopic (exact) mass is 382 g/mol. The van der Waals surface area contributed by atoms with Crippen LogP contribution in [0, 0.1) is 5.92 Å². The first kappa shape index (κ1) is 16.2. The largest absolute Gasteiger partial charge is 0.340 e. The molecule has 2 aliphatic rings. The lowest BCUT2D eigenvalue weighted by atomic mass is 9.88. The fraction of sp³-hybridized carbons (Fsp3) is 0.316. The van der Waals surface area contributed by atoms with Gasteiger partial charge in [0, 0.05) is 21.9 Å². The van der Waals surface area contributed by atoms with Gasteiger partial charge < -0.3 is 11.1 Å². The standard InChI is InChI=1S/C19H18N4OS2/c20-8-10-1-4-13-15(5-10)26-19-17(13)18(21-9-22-19)23-12-3-2-11-6-16(24)25-14(11)7-12/h2-3,7,9-10H,1,4-6,8,20H2,(H,21,22,23). The summed E-state index contributed by atoms with van der Waals surface area (Å²) in [5, 5.41) is 4.82. The van der Waals surface area contributed by atoms with Gasteiger partial charge in [-0.2, -0.15) is 0 Å². The van der Waals surface area contributed by atoms with Crippen LogP contribution in [0.1, 0.15) is 22.4 Å². The zero-order chi connectivity index (χ0) is 17.7. The number of nitrogens with two attached hydrogens (primary N) is 1. The van der Waals surface area contributed by atoms with Gasteiger partial charge in [0.15, 0.2) is 5.12 Å². The fourth-order valence-electron chi connectivity index (χ4n) is 3.80. The van der Waals surface area contributed by atoms with Crippen LogP contribution in [0.4, 0.5) is 11.5 Å². The molecule has 5 rings (SSSR count). The Morgan fingerprint density at radius 3 is 3.12 bits per heavy atom. The molecule has 0 saturated heterocycles. The van der Waals surface area contributed by atoms with E-state index in [2.05, 4.69) is 15.3 Å². The third kappa shape index (κ3) is 2.71. The molecule has 5 nitrogen and oxygen atoms in total. The summed E-state index contributed by atoms with van der Waals surface area (Å²) in [7, 11) is 0. The minimum Gasteiger partial charge on any atom is -0.340 e. The maximum atomic E-state index is 11.6. The van der Waals surface area contributed by atoms with E-state index in [9.17, 15) is 4.79 Å². The van der Waals surface area contributed by atoms with Gasteiger partial charge in [0.1, 0.15) is 17.0 Å². The second-order valence-electron chi connectivity index (χ2n) is 6.85. The van der Waals surface area contributed by atoms with Crippen molar-refractivity contribution in [3.05, 3.63) is 40.5 Å². The van der Waals surface area contributed by atoms with Gasteiger partial charge in [-0.1, -0.05) is 17.8 Å². The molecule has 3 aromatic rings. The molecule has 26 heavy (non-hydrogen) atoms. The molecule has 0 amide bonds. The van der Waals surface area contributed by atoms with E-state index < -0.39 is 0 Å². The minimum absolute atomic E-state index is 0.211. The van der Waals surface area contributed by atoms with Crippen molar-refractivity contribution in [1.82, 2.24) is 9.97 Å². The van der Waals surface area contributed by atoms with Gasteiger partial charge in [-0.05, 0) is 55.0 Å². The summed E-state index contributed by atoms with van der Waals surface area (Å²) in [6.45, 7) is 0.746. The minimum atomic E-state index is 0.211.